The Balaban J connectivity index is 2.10. The summed E-state index contributed by atoms with van der Waals surface area (Å²) in [4.78, 5) is 23.0. The number of benzene rings is 2. The number of hydrogen-bond donors (Lipinski definition) is 2. The first-order chi connectivity index (χ1) is 12.0. The maximum absolute atomic E-state index is 11.7. The molecule has 0 unspecified atom stereocenters. The topological polar surface area (TPSA) is 95.4 Å². The van der Waals surface area contributed by atoms with Crippen molar-refractivity contribution in [2.75, 3.05) is 6.61 Å². The highest BCUT2D eigenvalue weighted by Crippen LogP contribution is 2.27. The van der Waals surface area contributed by atoms with Crippen LogP contribution in [0.25, 0.3) is 10.8 Å². The predicted octanol–water partition coefficient (Wildman–Crippen LogP) is 3.78. The third-order valence-corrected chi connectivity index (χ3v) is 4.24. The van der Waals surface area contributed by atoms with Crippen LogP contribution in [0.15, 0.2) is 30.3 Å². The fourth-order valence-electron chi connectivity index (χ4n) is 2.81. The number of carbonyl (C=O) groups excluding carboxylic acids is 2. The fourth-order valence-corrected chi connectivity index (χ4v) is 2.81. The zero-order valence-corrected chi connectivity index (χ0v) is 14.7. The van der Waals surface area contributed by atoms with Crippen LogP contribution < -0.4 is 16.2 Å². The standard InChI is InChI=1S/C20H26N2O3/c1-2-3-4-5-6-7-10-25-18-13-14-8-9-15(19(21)23)11-16(14)12-17(18)20(22)24/h8-9,11-13H,2-7,10H2,1H3,(H2,21,23)(H2,22,24). The number of ether oxygens (including phenoxy) is 1. The van der Waals surface area contributed by atoms with Crippen LogP contribution in [0.1, 0.15) is 66.2 Å². The zero-order chi connectivity index (χ0) is 18.2. The van der Waals surface area contributed by atoms with Crippen molar-refractivity contribution in [2.45, 2.75) is 45.4 Å². The van der Waals surface area contributed by atoms with E-state index in [2.05, 4.69) is 6.92 Å². The van der Waals surface area contributed by atoms with E-state index in [1.807, 2.05) is 0 Å². The van der Waals surface area contributed by atoms with Crippen LogP contribution in [0.4, 0.5) is 0 Å². The first-order valence-corrected chi connectivity index (χ1v) is 8.83. The van der Waals surface area contributed by atoms with Crippen molar-refractivity contribution >= 4 is 22.6 Å². The summed E-state index contributed by atoms with van der Waals surface area (Å²) in [5, 5.41) is 1.60. The van der Waals surface area contributed by atoms with Crippen molar-refractivity contribution in [3.05, 3.63) is 41.5 Å². The minimum atomic E-state index is -0.552. The third-order valence-electron chi connectivity index (χ3n) is 4.24. The van der Waals surface area contributed by atoms with E-state index in [0.29, 0.717) is 23.5 Å². The molecule has 0 saturated carbocycles. The van der Waals surface area contributed by atoms with Gasteiger partial charge in [0.05, 0.1) is 12.2 Å². The highest BCUT2D eigenvalue weighted by molar-refractivity contribution is 6.03. The second-order valence-corrected chi connectivity index (χ2v) is 6.26. The molecule has 0 saturated heterocycles. The van der Waals surface area contributed by atoms with Crippen molar-refractivity contribution in [2.24, 2.45) is 11.5 Å². The first-order valence-electron chi connectivity index (χ1n) is 8.83. The van der Waals surface area contributed by atoms with Gasteiger partial charge >= 0.3 is 0 Å². The van der Waals surface area contributed by atoms with Crippen molar-refractivity contribution in [1.29, 1.82) is 0 Å². The predicted molar refractivity (Wildman–Crippen MR) is 99.9 cm³/mol. The van der Waals surface area contributed by atoms with E-state index < -0.39 is 11.8 Å². The molecular formula is C20H26N2O3. The lowest BCUT2D eigenvalue weighted by molar-refractivity contribution is 0.0990. The number of rotatable bonds is 10. The second kappa shape index (κ2) is 9.06. The molecule has 5 nitrogen and oxygen atoms in total. The van der Waals surface area contributed by atoms with Gasteiger partial charge in [-0.3, -0.25) is 9.59 Å². The number of carbonyl (C=O) groups is 2. The Kier molecular flexibility index (Phi) is 6.81. The van der Waals surface area contributed by atoms with Crippen LogP contribution in [0.5, 0.6) is 5.75 Å². The molecule has 0 aromatic heterocycles. The molecule has 4 N–H and O–H groups in total. The van der Waals surface area contributed by atoms with Gasteiger partial charge in [-0.25, -0.2) is 0 Å². The monoisotopic (exact) mass is 342 g/mol. The molecule has 0 aliphatic rings. The van der Waals surface area contributed by atoms with E-state index in [1.165, 1.54) is 25.7 Å². The van der Waals surface area contributed by atoms with Crippen LogP contribution >= 0.6 is 0 Å². The molecule has 0 aliphatic heterocycles. The van der Waals surface area contributed by atoms with E-state index in [0.717, 1.165) is 23.6 Å². The Labute approximate surface area is 148 Å². The molecule has 0 fully saturated rings. The van der Waals surface area contributed by atoms with Gasteiger partial charge in [0.1, 0.15) is 5.75 Å². The molecule has 0 bridgehead atoms. The third kappa shape index (κ3) is 5.21. The van der Waals surface area contributed by atoms with Gasteiger partial charge in [0.15, 0.2) is 0 Å². The van der Waals surface area contributed by atoms with Crippen LogP contribution in [0.3, 0.4) is 0 Å². The van der Waals surface area contributed by atoms with Crippen LogP contribution in [-0.4, -0.2) is 18.4 Å². The molecule has 2 amide bonds. The number of fused-ring (bicyclic) bond motifs is 1. The van der Waals surface area contributed by atoms with Gasteiger partial charge in [-0.05, 0) is 41.5 Å². The average molecular weight is 342 g/mol. The van der Waals surface area contributed by atoms with Gasteiger partial charge in [-0.15, -0.1) is 0 Å². The molecule has 25 heavy (non-hydrogen) atoms. The lowest BCUT2D eigenvalue weighted by atomic mass is 10.0. The highest BCUT2D eigenvalue weighted by Gasteiger charge is 2.12. The molecule has 2 rings (SSSR count). The smallest absolute Gasteiger partial charge is 0.252 e. The Morgan fingerprint density at radius 1 is 0.880 bits per heavy atom. The number of unbranched alkanes of at least 4 members (excludes halogenated alkanes) is 5. The molecule has 5 heteroatoms. The normalized spacial score (nSPS) is 10.8. The molecule has 0 spiro atoms. The summed E-state index contributed by atoms with van der Waals surface area (Å²) in [7, 11) is 0. The van der Waals surface area contributed by atoms with Crippen LogP contribution in [0.2, 0.25) is 0 Å². The first kappa shape index (κ1) is 18.8. The summed E-state index contributed by atoms with van der Waals surface area (Å²) in [6, 6.07) is 8.55. The number of amides is 2. The summed E-state index contributed by atoms with van der Waals surface area (Å²) in [6.07, 6.45) is 7.01. The van der Waals surface area contributed by atoms with Gasteiger partial charge in [-0.2, -0.15) is 0 Å². The van der Waals surface area contributed by atoms with Crippen molar-refractivity contribution in [1.82, 2.24) is 0 Å². The van der Waals surface area contributed by atoms with Gasteiger partial charge in [0.25, 0.3) is 5.91 Å². The molecule has 0 radical (unpaired) electrons. The molecule has 134 valence electrons. The molecule has 0 heterocycles. The van der Waals surface area contributed by atoms with Gasteiger partial charge < -0.3 is 16.2 Å². The quantitative estimate of drug-likeness (QED) is 0.643. The Hall–Kier alpha value is -2.56. The molecular weight excluding hydrogens is 316 g/mol. The number of primary amides is 2. The minimum Gasteiger partial charge on any atom is -0.493 e. The van der Waals surface area contributed by atoms with Gasteiger partial charge in [0.2, 0.25) is 5.91 Å². The van der Waals surface area contributed by atoms with E-state index in [1.54, 1.807) is 30.3 Å². The largest absolute Gasteiger partial charge is 0.493 e. The summed E-state index contributed by atoms with van der Waals surface area (Å²) >= 11 is 0. The number of nitrogens with two attached hydrogens (primary N) is 2. The fraction of sp³-hybridized carbons (Fsp3) is 0.400. The maximum atomic E-state index is 11.7. The number of hydrogen-bond acceptors (Lipinski definition) is 3. The van der Waals surface area contributed by atoms with Crippen molar-refractivity contribution in [3.8, 4) is 5.75 Å². The summed E-state index contributed by atoms with van der Waals surface area (Å²) in [5.74, 6) is -0.573. The second-order valence-electron chi connectivity index (χ2n) is 6.26. The zero-order valence-electron chi connectivity index (χ0n) is 14.7. The van der Waals surface area contributed by atoms with Gasteiger partial charge in [0, 0.05) is 5.56 Å². The van der Waals surface area contributed by atoms with Crippen LogP contribution in [0, 0.1) is 0 Å². The summed E-state index contributed by atoms with van der Waals surface area (Å²) in [5.41, 5.74) is 11.5. The molecule has 0 atom stereocenters. The lowest BCUT2D eigenvalue weighted by Crippen LogP contribution is -2.14. The Morgan fingerprint density at radius 3 is 2.28 bits per heavy atom. The van der Waals surface area contributed by atoms with Gasteiger partial charge in [-0.1, -0.05) is 45.1 Å². The lowest BCUT2D eigenvalue weighted by Gasteiger charge is -2.12. The van der Waals surface area contributed by atoms with Crippen molar-refractivity contribution in [3.63, 3.8) is 0 Å². The molecule has 2 aromatic carbocycles. The van der Waals surface area contributed by atoms with E-state index in [-0.39, 0.29) is 0 Å². The summed E-state index contributed by atoms with van der Waals surface area (Å²) < 4.78 is 5.80. The Bertz CT molecular complexity index is 756. The maximum Gasteiger partial charge on any atom is 0.252 e. The molecule has 2 aromatic rings. The minimum absolute atomic E-state index is 0.320. The SMILES string of the molecule is CCCCCCCCOc1cc2ccc(C(N)=O)cc2cc1C(N)=O. The average Bonchev–Trinajstić information content (AvgIpc) is 2.59. The van der Waals surface area contributed by atoms with E-state index >= 15 is 0 Å². The molecule has 0 aliphatic carbocycles. The highest BCUT2D eigenvalue weighted by atomic mass is 16.5. The summed E-state index contributed by atoms with van der Waals surface area (Å²) in [6.45, 7) is 2.75. The van der Waals surface area contributed by atoms with Crippen molar-refractivity contribution < 1.29 is 14.3 Å². The van der Waals surface area contributed by atoms with E-state index in [4.69, 9.17) is 16.2 Å². The van der Waals surface area contributed by atoms with E-state index in [9.17, 15) is 9.59 Å². The Morgan fingerprint density at radius 2 is 1.60 bits per heavy atom. The van der Waals surface area contributed by atoms with Crippen LogP contribution in [-0.2, 0) is 0 Å².